The predicted octanol–water partition coefficient (Wildman–Crippen LogP) is 8.54. The monoisotopic (exact) mass is 1050 g/mol. The number of aromatic nitrogens is 1. The molecule has 4 aromatic rings. The summed E-state index contributed by atoms with van der Waals surface area (Å²) in [7, 11) is 0. The molecular formula is C56H70ClFN8O7S. The summed E-state index contributed by atoms with van der Waals surface area (Å²) in [5.41, 5.74) is 3.03. The molecule has 4 fully saturated rings. The summed E-state index contributed by atoms with van der Waals surface area (Å²) < 4.78 is 28.9. The van der Waals surface area contributed by atoms with E-state index in [1.807, 2.05) is 103 Å². The van der Waals surface area contributed by atoms with Crippen LogP contribution in [0.5, 0.6) is 5.75 Å². The van der Waals surface area contributed by atoms with E-state index >= 15 is 4.39 Å². The molecular weight excluding hydrogens is 983 g/mol. The molecule has 5 N–H and O–H groups in total. The van der Waals surface area contributed by atoms with Gasteiger partial charge in [0.05, 0.1) is 57.1 Å². The summed E-state index contributed by atoms with van der Waals surface area (Å²) in [6.45, 7) is 18.7. The molecule has 396 valence electrons. The summed E-state index contributed by atoms with van der Waals surface area (Å²) in [6, 6.07) is 16.8. The molecule has 3 aromatic carbocycles. The van der Waals surface area contributed by atoms with Crippen LogP contribution in [0, 0.1) is 40.3 Å². The van der Waals surface area contributed by atoms with Crippen LogP contribution in [0.4, 0.5) is 10.1 Å². The van der Waals surface area contributed by atoms with Gasteiger partial charge in [0.15, 0.2) is 0 Å². The maximum absolute atomic E-state index is 15.9. The van der Waals surface area contributed by atoms with E-state index in [9.17, 15) is 29.5 Å². The molecule has 2 aliphatic carbocycles. The minimum atomic E-state index is -0.956. The lowest BCUT2D eigenvalue weighted by Crippen LogP contribution is -2.74. The Bertz CT molecular complexity index is 2760. The van der Waals surface area contributed by atoms with Gasteiger partial charge in [-0.25, -0.2) is 9.37 Å². The normalized spacial score (nSPS) is 23.0. The number of nitrogens with one attached hydrogen (secondary N) is 4. The Morgan fingerprint density at radius 1 is 1.00 bits per heavy atom. The Morgan fingerprint density at radius 3 is 2.27 bits per heavy atom. The summed E-state index contributed by atoms with van der Waals surface area (Å²) in [5.74, 6) is -1.55. The number of nitrogens with zero attached hydrogens (tertiary/aromatic N) is 4. The highest BCUT2D eigenvalue weighted by Gasteiger charge is 2.64. The first-order valence-electron chi connectivity index (χ1n) is 25.6. The van der Waals surface area contributed by atoms with E-state index in [0.717, 1.165) is 28.1 Å². The van der Waals surface area contributed by atoms with Crippen molar-refractivity contribution in [3.05, 3.63) is 99.4 Å². The largest absolute Gasteiger partial charge is 0.489 e. The highest BCUT2D eigenvalue weighted by Crippen LogP contribution is 2.56. The molecule has 3 heterocycles. The van der Waals surface area contributed by atoms with Crippen LogP contribution >= 0.6 is 22.9 Å². The number of nitriles is 1. The summed E-state index contributed by atoms with van der Waals surface area (Å²) in [5, 5.41) is 32.8. The third kappa shape index (κ3) is 11.6. The molecule has 0 unspecified atom stereocenters. The van der Waals surface area contributed by atoms with Crippen LogP contribution in [-0.4, -0.2) is 112 Å². The smallest absolute Gasteiger partial charge is 0.251 e. The molecule has 0 bridgehead atoms. The zero-order chi connectivity index (χ0) is 53.5. The molecule has 8 rings (SSSR count). The van der Waals surface area contributed by atoms with E-state index in [-0.39, 0.29) is 66.9 Å². The summed E-state index contributed by atoms with van der Waals surface area (Å²) in [6.07, 6.45) is 2.30. The minimum absolute atomic E-state index is 0.0223. The number of piperidine rings is 1. The van der Waals surface area contributed by atoms with Gasteiger partial charge in [-0.2, -0.15) is 5.26 Å². The zero-order valence-electron chi connectivity index (χ0n) is 43.8. The van der Waals surface area contributed by atoms with Crippen molar-refractivity contribution in [2.24, 2.45) is 16.2 Å². The van der Waals surface area contributed by atoms with Gasteiger partial charge in [0.25, 0.3) is 5.91 Å². The van der Waals surface area contributed by atoms with Gasteiger partial charge >= 0.3 is 0 Å². The molecule has 1 aromatic heterocycles. The Labute approximate surface area is 442 Å². The van der Waals surface area contributed by atoms with Gasteiger partial charge < -0.3 is 40.7 Å². The number of hydrogen-bond acceptors (Lipinski definition) is 12. The molecule has 4 atom stereocenters. The number of carbonyl (C=O) groups is 4. The Balaban J connectivity index is 0.809. The highest BCUT2D eigenvalue weighted by molar-refractivity contribution is 7.13. The second-order valence-corrected chi connectivity index (χ2v) is 24.2. The third-order valence-electron chi connectivity index (χ3n) is 15.5. The number of β-amino-alcohol motifs (C(OH)–C–C–N with tert-alkyl or cyclic N) is 1. The fourth-order valence-electron chi connectivity index (χ4n) is 11.5. The van der Waals surface area contributed by atoms with Crippen molar-refractivity contribution in [3.8, 4) is 22.3 Å². The second-order valence-electron chi connectivity index (χ2n) is 22.9. The fourth-order valence-corrected chi connectivity index (χ4v) is 12.5. The minimum Gasteiger partial charge on any atom is -0.489 e. The van der Waals surface area contributed by atoms with Crippen LogP contribution in [0.15, 0.2) is 66.2 Å². The molecule has 4 aliphatic rings. The lowest BCUT2D eigenvalue weighted by atomic mass is 9.49. The van der Waals surface area contributed by atoms with Gasteiger partial charge in [0, 0.05) is 54.6 Å². The van der Waals surface area contributed by atoms with E-state index in [4.69, 9.17) is 21.1 Å². The van der Waals surface area contributed by atoms with Crippen LogP contribution in [0.2, 0.25) is 5.02 Å². The number of halogens is 2. The maximum atomic E-state index is 15.9. The summed E-state index contributed by atoms with van der Waals surface area (Å²) >= 11 is 7.83. The zero-order valence-corrected chi connectivity index (χ0v) is 45.4. The third-order valence-corrected chi connectivity index (χ3v) is 16.8. The van der Waals surface area contributed by atoms with Crippen molar-refractivity contribution in [1.82, 2.24) is 30.7 Å². The van der Waals surface area contributed by atoms with Gasteiger partial charge in [-0.1, -0.05) is 84.3 Å². The molecule has 0 radical (unpaired) electrons. The van der Waals surface area contributed by atoms with Crippen molar-refractivity contribution < 1.29 is 38.1 Å². The first-order valence-corrected chi connectivity index (χ1v) is 26.9. The summed E-state index contributed by atoms with van der Waals surface area (Å²) in [4.78, 5) is 64.3. The molecule has 4 amide bonds. The van der Waals surface area contributed by atoms with Gasteiger partial charge in [-0.15, -0.1) is 11.3 Å². The number of thiazole rings is 1. The van der Waals surface area contributed by atoms with Gasteiger partial charge in [0.2, 0.25) is 17.7 Å². The number of aryl methyl sites for hydroxylation is 1. The van der Waals surface area contributed by atoms with Gasteiger partial charge in [-0.05, 0) is 92.8 Å². The molecule has 15 nitrogen and oxygen atoms in total. The van der Waals surface area contributed by atoms with E-state index in [0.29, 0.717) is 55.1 Å². The predicted molar refractivity (Wildman–Crippen MR) is 283 cm³/mol. The number of rotatable bonds is 16. The average molecular weight is 1050 g/mol. The van der Waals surface area contributed by atoms with Crippen molar-refractivity contribution >= 4 is 52.3 Å². The molecule has 74 heavy (non-hydrogen) atoms. The van der Waals surface area contributed by atoms with Crippen LogP contribution in [0.1, 0.15) is 127 Å². The average Bonchev–Trinajstić information content (AvgIpc) is 3.96. The van der Waals surface area contributed by atoms with Crippen molar-refractivity contribution in [3.63, 3.8) is 0 Å². The van der Waals surface area contributed by atoms with Crippen molar-refractivity contribution in [2.45, 2.75) is 149 Å². The van der Waals surface area contributed by atoms with E-state index in [1.54, 1.807) is 41.7 Å². The Hall–Kier alpha value is -5.64. The van der Waals surface area contributed by atoms with E-state index < -0.39 is 57.8 Å². The Morgan fingerprint density at radius 2 is 1.69 bits per heavy atom. The van der Waals surface area contributed by atoms with Crippen LogP contribution in [0.3, 0.4) is 0 Å². The van der Waals surface area contributed by atoms with Gasteiger partial charge in [0.1, 0.15) is 41.5 Å². The number of benzene rings is 3. The second kappa shape index (κ2) is 21.5. The standard InChI is InChI=1S/C56H70ClFN8O7S/c1-32(34-11-13-35(14-12-34)46-33(2)60-31-74-46)61-49(70)44-26-38(67)29-66(44)50(71)47(53(3,4)5)62-45(68)30-65-23-19-39(20-24-65)73-56(21-10-22-56)64-43-18-16-36(25-42(43)58)48(69)63-51-54(6,7)52(55(51,8)9)72-40-17-15-37(28-59)41(57)27-40/h11-18,25,27,31-32,38-39,44,47,51-52,64,67H,10,19-24,26,29-30H2,1-9H3,(H,61,70)(H,62,68)(H,63,69)/t32-,38+,44-,47+,51?,52?/m0/s1. The van der Waals surface area contributed by atoms with Crippen molar-refractivity contribution in [2.75, 3.05) is 31.5 Å². The fraction of sp³-hybridized carbons (Fsp3) is 0.536. The number of amides is 4. The van der Waals surface area contributed by atoms with Crippen LogP contribution < -0.4 is 26.0 Å². The first-order chi connectivity index (χ1) is 34.9. The quantitative estimate of drug-likeness (QED) is 0.0675. The highest BCUT2D eigenvalue weighted by atomic mass is 35.5. The lowest BCUT2D eigenvalue weighted by Gasteiger charge is -2.63. The number of carbonyl (C=O) groups excluding carboxylic acids is 4. The van der Waals surface area contributed by atoms with E-state index in [2.05, 4.69) is 26.3 Å². The molecule has 18 heteroatoms. The number of ether oxygens (including phenoxy) is 2. The SMILES string of the molecule is Cc1ncsc1-c1ccc([C@H](C)NC(=O)[C@@H]2C[C@@H](O)CN2C(=O)[C@@H](NC(=O)CN2CCC(OC3(Nc4ccc(C(=O)NC5C(C)(C)C(Oc6ccc(C#N)c(Cl)c6)C5(C)C)cc4F)CCC3)CC2)C(C)(C)C)cc1. The van der Waals surface area contributed by atoms with Gasteiger partial charge in [-0.3, -0.25) is 24.1 Å². The molecule has 0 spiro atoms. The molecule has 2 aliphatic heterocycles. The number of aliphatic hydroxyl groups is 1. The van der Waals surface area contributed by atoms with E-state index in [1.165, 1.54) is 11.0 Å². The number of hydrogen-bond donors (Lipinski definition) is 5. The molecule has 2 saturated carbocycles. The number of likely N-dealkylation sites (tertiary alicyclic amines) is 2. The number of aliphatic hydroxyl groups excluding tert-OH is 1. The topological polar surface area (TPSA) is 198 Å². The lowest BCUT2D eigenvalue weighted by molar-refractivity contribution is -0.164. The molecule has 2 saturated heterocycles. The van der Waals surface area contributed by atoms with Crippen LogP contribution in [0.25, 0.3) is 10.4 Å². The maximum Gasteiger partial charge on any atom is 0.251 e. The number of anilines is 1. The van der Waals surface area contributed by atoms with Crippen molar-refractivity contribution in [1.29, 1.82) is 5.26 Å². The van der Waals surface area contributed by atoms with Crippen LogP contribution in [-0.2, 0) is 19.1 Å². The first kappa shape index (κ1) is 54.6. The Kier molecular flexibility index (Phi) is 15.9.